The number of benzene rings is 3. The van der Waals surface area contributed by atoms with Crippen LogP contribution in [0.25, 0.3) is 0 Å². The number of aldehydes is 1. The first-order valence-electron chi connectivity index (χ1n) is 14.6. The lowest BCUT2D eigenvalue weighted by molar-refractivity contribution is -0.171. The predicted molar refractivity (Wildman–Crippen MR) is 166 cm³/mol. The monoisotopic (exact) mass is 617 g/mol. The van der Waals surface area contributed by atoms with E-state index in [2.05, 4.69) is 0 Å². The Bertz CT molecular complexity index is 1430. The predicted octanol–water partition coefficient (Wildman–Crippen LogP) is 5.68. The Morgan fingerprint density at radius 2 is 1.27 bits per heavy atom. The highest BCUT2D eigenvalue weighted by molar-refractivity contribution is 6.70. The average Bonchev–Trinajstić information content (AvgIpc) is 3.19. The zero-order chi connectivity index (χ0) is 31.8. The lowest BCUT2D eigenvalue weighted by atomic mass is 9.76. The second kappa shape index (κ2) is 14.1. The van der Waals surface area contributed by atoms with Gasteiger partial charge in [-0.3, -0.25) is 9.59 Å². The quantitative estimate of drug-likeness (QED) is 0.0793. The molecule has 1 aliphatic rings. The Hall–Kier alpha value is -4.12. The van der Waals surface area contributed by atoms with Gasteiger partial charge in [0.2, 0.25) is 11.4 Å². The van der Waals surface area contributed by atoms with Crippen molar-refractivity contribution in [2.24, 2.45) is 5.92 Å². The first-order valence-corrected chi connectivity index (χ1v) is 18.0. The van der Waals surface area contributed by atoms with E-state index in [9.17, 15) is 19.2 Å². The standard InChI is InChI=1S/C34H39NO8Si/c1-33(43-44(2,3)4)29(20-21-40-22-26-14-8-5-9-15-26)30(37)35(32(39)42-24-28-18-12-7-13-19-28)34(33,25-36)31(38)41-23-27-16-10-6-11-17-27/h5-19,25,29H,20-24H2,1-4H3/t29-,33-,34-/m0/s1. The van der Waals surface area contributed by atoms with Crippen LogP contribution in [-0.2, 0) is 52.8 Å². The summed E-state index contributed by atoms with van der Waals surface area (Å²) in [5, 5.41) is 0. The largest absolute Gasteiger partial charge is 0.459 e. The highest BCUT2D eigenvalue weighted by atomic mass is 28.4. The molecule has 3 atom stereocenters. The van der Waals surface area contributed by atoms with Gasteiger partial charge in [-0.1, -0.05) is 91.0 Å². The molecule has 3 aromatic carbocycles. The van der Waals surface area contributed by atoms with Crippen LogP contribution in [0.4, 0.5) is 4.79 Å². The van der Waals surface area contributed by atoms with Crippen LogP contribution < -0.4 is 0 Å². The summed E-state index contributed by atoms with van der Waals surface area (Å²) < 4.78 is 23.7. The summed E-state index contributed by atoms with van der Waals surface area (Å²) in [5.74, 6) is -2.94. The van der Waals surface area contributed by atoms with Gasteiger partial charge in [-0.25, -0.2) is 14.5 Å². The van der Waals surface area contributed by atoms with Gasteiger partial charge in [-0.2, -0.15) is 0 Å². The fourth-order valence-electron chi connectivity index (χ4n) is 5.56. The van der Waals surface area contributed by atoms with Gasteiger partial charge >= 0.3 is 12.1 Å². The molecule has 1 fully saturated rings. The van der Waals surface area contributed by atoms with Crippen molar-refractivity contribution >= 4 is 32.6 Å². The maximum atomic E-state index is 14.2. The topological polar surface area (TPSA) is 108 Å². The minimum absolute atomic E-state index is 0.0800. The molecule has 0 saturated carbocycles. The molecule has 0 aromatic heterocycles. The SMILES string of the molecule is C[C@]1(O[Si](C)(C)C)[C@@H](CCOCc2ccccc2)C(=O)N(C(=O)OCc2ccccc2)[C@@]1(C=O)C(=O)OCc1ccccc1. The average molecular weight is 618 g/mol. The highest BCUT2D eigenvalue weighted by Crippen LogP contribution is 2.49. The van der Waals surface area contributed by atoms with E-state index in [-0.39, 0.29) is 26.2 Å². The Labute approximate surface area is 259 Å². The lowest BCUT2D eigenvalue weighted by Crippen LogP contribution is -2.68. The summed E-state index contributed by atoms with van der Waals surface area (Å²) in [6.45, 7) is 7.24. The third kappa shape index (κ3) is 7.15. The van der Waals surface area contributed by atoms with Crippen LogP contribution in [0.2, 0.25) is 19.6 Å². The van der Waals surface area contributed by atoms with Gasteiger partial charge in [-0.05, 0) is 49.7 Å². The Balaban J connectivity index is 1.70. The van der Waals surface area contributed by atoms with Crippen LogP contribution in [0.15, 0.2) is 91.0 Å². The number of rotatable bonds is 13. The molecule has 0 bridgehead atoms. The molecule has 9 nitrogen and oxygen atoms in total. The fourth-order valence-corrected chi connectivity index (χ4v) is 7.13. The molecule has 1 saturated heterocycles. The third-order valence-electron chi connectivity index (χ3n) is 7.56. The normalized spacial score (nSPS) is 21.6. The van der Waals surface area contributed by atoms with Crippen molar-refractivity contribution in [1.82, 2.24) is 4.90 Å². The number of amides is 2. The van der Waals surface area contributed by atoms with Crippen molar-refractivity contribution in [3.63, 3.8) is 0 Å². The molecule has 0 aliphatic carbocycles. The minimum Gasteiger partial charge on any atom is -0.459 e. The number of carbonyl (C=O) groups is 4. The van der Waals surface area contributed by atoms with Crippen molar-refractivity contribution in [1.29, 1.82) is 0 Å². The van der Waals surface area contributed by atoms with Gasteiger partial charge in [-0.15, -0.1) is 0 Å². The van der Waals surface area contributed by atoms with Gasteiger partial charge in [0.05, 0.1) is 12.5 Å². The first kappa shape index (κ1) is 32.8. The maximum Gasteiger partial charge on any atom is 0.418 e. The summed E-state index contributed by atoms with van der Waals surface area (Å²) in [5.41, 5.74) is -1.93. The molecular weight excluding hydrogens is 578 g/mol. The number of ether oxygens (including phenoxy) is 3. The molecule has 0 spiro atoms. The zero-order valence-corrected chi connectivity index (χ0v) is 26.6. The third-order valence-corrected chi connectivity index (χ3v) is 8.59. The number of hydrogen-bond donors (Lipinski definition) is 0. The molecule has 232 valence electrons. The number of imide groups is 1. The summed E-state index contributed by atoms with van der Waals surface area (Å²) >= 11 is 0. The smallest absolute Gasteiger partial charge is 0.418 e. The first-order chi connectivity index (χ1) is 21.0. The van der Waals surface area contributed by atoms with E-state index in [0.717, 1.165) is 5.56 Å². The van der Waals surface area contributed by atoms with Crippen molar-refractivity contribution in [2.45, 2.75) is 63.9 Å². The van der Waals surface area contributed by atoms with E-state index in [1.165, 1.54) is 6.92 Å². The molecule has 44 heavy (non-hydrogen) atoms. The van der Waals surface area contributed by atoms with Gasteiger partial charge < -0.3 is 18.6 Å². The Morgan fingerprint density at radius 3 is 1.75 bits per heavy atom. The van der Waals surface area contributed by atoms with Gasteiger partial charge in [0.25, 0.3) is 0 Å². The summed E-state index contributed by atoms with van der Waals surface area (Å²) in [7, 11) is -2.58. The van der Waals surface area contributed by atoms with Gasteiger partial charge in [0.15, 0.2) is 14.6 Å². The van der Waals surface area contributed by atoms with Crippen molar-refractivity contribution < 1.29 is 37.8 Å². The molecule has 1 aliphatic heterocycles. The Morgan fingerprint density at radius 1 is 0.795 bits per heavy atom. The van der Waals surface area contributed by atoms with Crippen LogP contribution in [0.1, 0.15) is 30.0 Å². The van der Waals surface area contributed by atoms with Crippen molar-refractivity contribution in [3.05, 3.63) is 108 Å². The van der Waals surface area contributed by atoms with E-state index in [0.29, 0.717) is 28.9 Å². The molecule has 1 heterocycles. The molecule has 2 amide bonds. The molecular formula is C34H39NO8Si. The Kier molecular flexibility index (Phi) is 10.5. The molecule has 0 unspecified atom stereocenters. The second-order valence-electron chi connectivity index (χ2n) is 11.9. The van der Waals surface area contributed by atoms with Gasteiger partial charge in [0.1, 0.15) is 18.8 Å². The van der Waals surface area contributed by atoms with Crippen molar-refractivity contribution in [2.75, 3.05) is 6.61 Å². The summed E-state index contributed by atoms with van der Waals surface area (Å²) in [4.78, 5) is 56.0. The number of hydrogen-bond acceptors (Lipinski definition) is 8. The number of esters is 1. The summed E-state index contributed by atoms with van der Waals surface area (Å²) in [6.07, 6.45) is -0.760. The summed E-state index contributed by atoms with van der Waals surface area (Å²) in [6, 6.07) is 27.4. The second-order valence-corrected chi connectivity index (χ2v) is 16.3. The van der Waals surface area contributed by atoms with E-state index in [1.807, 2.05) is 62.1 Å². The lowest BCUT2D eigenvalue weighted by Gasteiger charge is -2.44. The van der Waals surface area contributed by atoms with Crippen LogP contribution in [0, 0.1) is 5.92 Å². The van der Waals surface area contributed by atoms with Crippen LogP contribution >= 0.6 is 0 Å². The highest BCUT2D eigenvalue weighted by Gasteiger charge is 2.74. The van der Waals surface area contributed by atoms with Crippen LogP contribution in [0.3, 0.4) is 0 Å². The van der Waals surface area contributed by atoms with E-state index < -0.39 is 43.3 Å². The maximum absolute atomic E-state index is 14.2. The number of carbonyl (C=O) groups excluding carboxylic acids is 4. The van der Waals surface area contributed by atoms with Crippen LogP contribution in [0.5, 0.6) is 0 Å². The minimum atomic E-state index is -2.58. The zero-order valence-electron chi connectivity index (χ0n) is 25.6. The van der Waals surface area contributed by atoms with Gasteiger partial charge in [0, 0.05) is 6.61 Å². The molecule has 0 radical (unpaired) electrons. The number of nitrogens with zero attached hydrogens (tertiary/aromatic N) is 1. The van der Waals surface area contributed by atoms with E-state index >= 15 is 0 Å². The molecule has 4 rings (SSSR count). The molecule has 3 aromatic rings. The number of likely N-dealkylation sites (tertiary alicyclic amines) is 1. The van der Waals surface area contributed by atoms with E-state index in [1.54, 1.807) is 48.5 Å². The van der Waals surface area contributed by atoms with Crippen molar-refractivity contribution in [3.8, 4) is 0 Å². The van der Waals surface area contributed by atoms with E-state index in [4.69, 9.17) is 18.6 Å². The molecule has 0 N–H and O–H groups in total. The molecule has 10 heteroatoms. The van der Waals surface area contributed by atoms with Crippen LogP contribution in [-0.4, -0.2) is 55.2 Å². The fraction of sp³-hybridized carbons (Fsp3) is 0.353.